The van der Waals surface area contributed by atoms with Gasteiger partial charge in [-0.3, -0.25) is 4.79 Å². The number of rotatable bonds is 4. The van der Waals surface area contributed by atoms with Gasteiger partial charge in [0.25, 0.3) is 11.2 Å². The molecule has 0 atom stereocenters. The minimum atomic E-state index is -0.440. The third-order valence-electron chi connectivity index (χ3n) is 5.59. The number of anilines is 1. The molecular formula is C20H20FN5O2S. The maximum atomic E-state index is 13.4. The Morgan fingerprint density at radius 2 is 2.17 bits per heavy atom. The van der Waals surface area contributed by atoms with Gasteiger partial charge in [0.15, 0.2) is 0 Å². The summed E-state index contributed by atoms with van der Waals surface area (Å²) < 4.78 is 19.0. The van der Waals surface area contributed by atoms with Crippen molar-refractivity contribution in [2.75, 3.05) is 18.4 Å². The van der Waals surface area contributed by atoms with E-state index in [2.05, 4.69) is 27.2 Å². The Hall–Kier alpha value is -2.81. The van der Waals surface area contributed by atoms with Crippen molar-refractivity contribution in [3.05, 3.63) is 40.1 Å². The van der Waals surface area contributed by atoms with Crippen LogP contribution >= 0.6 is 11.3 Å². The summed E-state index contributed by atoms with van der Waals surface area (Å²) in [5, 5.41) is 3.64. The molecule has 1 aliphatic heterocycles. The van der Waals surface area contributed by atoms with E-state index in [0.29, 0.717) is 47.8 Å². The Morgan fingerprint density at radius 1 is 1.34 bits per heavy atom. The van der Waals surface area contributed by atoms with Crippen molar-refractivity contribution in [3.63, 3.8) is 0 Å². The lowest BCUT2D eigenvalue weighted by molar-refractivity contribution is 0.0773. The molecule has 0 saturated heterocycles. The van der Waals surface area contributed by atoms with Crippen LogP contribution in [0, 0.1) is 12.2 Å². The van der Waals surface area contributed by atoms with Crippen LogP contribution < -0.4 is 5.32 Å². The lowest BCUT2D eigenvalue weighted by Gasteiger charge is -2.26. The number of nitrogens with zero attached hydrogens (tertiary/aromatic N) is 4. The molecule has 0 spiro atoms. The molecule has 0 bridgehead atoms. The molecule has 0 unspecified atom stereocenters. The Bertz CT molecular complexity index is 1150. The van der Waals surface area contributed by atoms with Crippen LogP contribution in [-0.4, -0.2) is 44.4 Å². The number of carbonyl (C=O) groups excluding carboxylic acids is 1. The van der Waals surface area contributed by atoms with Gasteiger partial charge in [-0.2, -0.15) is 4.39 Å². The maximum Gasteiger partial charge on any atom is 0.269 e. The van der Waals surface area contributed by atoms with Gasteiger partial charge in [0, 0.05) is 24.8 Å². The molecule has 9 heteroatoms. The summed E-state index contributed by atoms with van der Waals surface area (Å²) in [6.07, 6.45) is 7.75. The first-order chi connectivity index (χ1) is 13.9. The topological polar surface area (TPSA) is 84.2 Å². The number of fused-ring (bicyclic) bond motifs is 1. The molecule has 1 fully saturated rings. The van der Waals surface area contributed by atoms with Gasteiger partial charge in [-0.1, -0.05) is 17.4 Å². The summed E-state index contributed by atoms with van der Waals surface area (Å²) in [6.45, 7) is 4.91. The molecule has 29 heavy (non-hydrogen) atoms. The Balaban J connectivity index is 1.45. The lowest BCUT2D eigenvalue weighted by Crippen LogP contribution is -2.35. The average molecular weight is 413 g/mol. The van der Waals surface area contributed by atoms with Gasteiger partial charge < -0.3 is 14.6 Å². The van der Waals surface area contributed by atoms with Crippen LogP contribution in [0.25, 0.3) is 16.7 Å². The largest absolute Gasteiger partial charge is 0.442 e. The van der Waals surface area contributed by atoms with Crippen molar-refractivity contribution in [2.45, 2.75) is 38.6 Å². The quantitative estimate of drug-likeness (QED) is 0.695. The van der Waals surface area contributed by atoms with Gasteiger partial charge in [-0.05, 0) is 38.7 Å². The second-order valence-corrected chi connectivity index (χ2v) is 8.81. The molecule has 1 aliphatic carbocycles. The van der Waals surface area contributed by atoms with Crippen LogP contribution in [0.4, 0.5) is 10.2 Å². The molecule has 1 N–H and O–H groups in total. The molecule has 3 aromatic heterocycles. The van der Waals surface area contributed by atoms with Gasteiger partial charge in [-0.25, -0.2) is 15.0 Å². The van der Waals surface area contributed by atoms with Crippen molar-refractivity contribution in [1.29, 1.82) is 0 Å². The highest BCUT2D eigenvalue weighted by Crippen LogP contribution is 2.40. The van der Waals surface area contributed by atoms with Crippen LogP contribution in [0.5, 0.6) is 0 Å². The third-order valence-corrected chi connectivity index (χ3v) is 6.45. The first-order valence-corrected chi connectivity index (χ1v) is 10.4. The standard InChI is InChI=1S/C20H20FN5O2S/c1-11-14(15-16(25-20(2)5-6-20)23-10-24-17(15)28-11)18(27)26-7-3-12(4-8-26)13-9-22-19(21)29-13/h3,9-10H,4-8H2,1-2H3,(H,23,24,25). The van der Waals surface area contributed by atoms with Crippen molar-refractivity contribution >= 4 is 39.7 Å². The minimum absolute atomic E-state index is 0.0134. The first-order valence-electron chi connectivity index (χ1n) is 9.56. The highest BCUT2D eigenvalue weighted by atomic mass is 32.1. The summed E-state index contributed by atoms with van der Waals surface area (Å²) in [5.74, 6) is 1.07. The summed E-state index contributed by atoms with van der Waals surface area (Å²) in [4.78, 5) is 28.2. The van der Waals surface area contributed by atoms with Crippen LogP contribution in [0.1, 0.15) is 47.2 Å². The van der Waals surface area contributed by atoms with Gasteiger partial charge in [-0.15, -0.1) is 0 Å². The van der Waals surface area contributed by atoms with E-state index in [1.165, 1.54) is 6.33 Å². The zero-order chi connectivity index (χ0) is 20.2. The molecule has 2 aliphatic rings. The van der Waals surface area contributed by atoms with E-state index in [4.69, 9.17) is 4.42 Å². The summed E-state index contributed by atoms with van der Waals surface area (Å²) in [7, 11) is 0. The number of halogens is 1. The van der Waals surface area contributed by atoms with Crippen LogP contribution in [0.15, 0.2) is 23.0 Å². The molecule has 1 saturated carbocycles. The summed E-state index contributed by atoms with van der Waals surface area (Å²) in [6, 6.07) is 0. The lowest BCUT2D eigenvalue weighted by atomic mass is 10.1. The second-order valence-electron chi connectivity index (χ2n) is 7.83. The Labute approximate surface area is 170 Å². The van der Waals surface area contributed by atoms with Gasteiger partial charge in [0.1, 0.15) is 17.9 Å². The normalized spacial score (nSPS) is 18.0. The number of aromatic nitrogens is 3. The Morgan fingerprint density at radius 3 is 2.83 bits per heavy atom. The number of hydrogen-bond acceptors (Lipinski definition) is 7. The molecule has 3 aromatic rings. The van der Waals surface area contributed by atoms with Crippen molar-refractivity contribution in [3.8, 4) is 0 Å². The van der Waals surface area contributed by atoms with E-state index < -0.39 is 5.26 Å². The molecule has 0 radical (unpaired) electrons. The molecular weight excluding hydrogens is 393 g/mol. The fraction of sp³-hybridized carbons (Fsp3) is 0.400. The zero-order valence-corrected chi connectivity index (χ0v) is 17.0. The number of amides is 1. The summed E-state index contributed by atoms with van der Waals surface area (Å²) in [5.41, 5.74) is 1.96. The number of furan rings is 1. The molecule has 1 amide bonds. The minimum Gasteiger partial charge on any atom is -0.442 e. The highest BCUT2D eigenvalue weighted by Gasteiger charge is 2.39. The Kier molecular flexibility index (Phi) is 4.16. The van der Waals surface area contributed by atoms with Crippen LogP contribution in [0.3, 0.4) is 0 Å². The van der Waals surface area contributed by atoms with Gasteiger partial charge in [0.2, 0.25) is 5.71 Å². The van der Waals surface area contributed by atoms with Crippen molar-refractivity contribution in [1.82, 2.24) is 19.9 Å². The SMILES string of the molecule is Cc1oc2ncnc(NC3(C)CC3)c2c1C(=O)N1CC=C(c2cnc(F)s2)CC1. The summed E-state index contributed by atoms with van der Waals surface area (Å²) >= 11 is 1.03. The predicted octanol–water partition coefficient (Wildman–Crippen LogP) is 4.02. The maximum absolute atomic E-state index is 13.4. The smallest absolute Gasteiger partial charge is 0.269 e. The zero-order valence-electron chi connectivity index (χ0n) is 16.2. The number of carbonyl (C=O) groups is 1. The third kappa shape index (κ3) is 3.29. The molecule has 4 heterocycles. The fourth-order valence-electron chi connectivity index (χ4n) is 3.63. The number of nitrogens with one attached hydrogen (secondary N) is 1. The van der Waals surface area contributed by atoms with Crippen LogP contribution in [-0.2, 0) is 0 Å². The molecule has 7 nitrogen and oxygen atoms in total. The molecule has 150 valence electrons. The monoisotopic (exact) mass is 413 g/mol. The van der Waals surface area contributed by atoms with E-state index in [1.54, 1.807) is 18.0 Å². The number of thiazole rings is 1. The number of hydrogen-bond donors (Lipinski definition) is 1. The highest BCUT2D eigenvalue weighted by molar-refractivity contribution is 7.11. The van der Waals surface area contributed by atoms with Crippen molar-refractivity contribution < 1.29 is 13.6 Å². The molecule has 5 rings (SSSR count). The van der Waals surface area contributed by atoms with E-state index in [0.717, 1.165) is 34.6 Å². The van der Waals surface area contributed by atoms with E-state index in [9.17, 15) is 9.18 Å². The molecule has 0 aromatic carbocycles. The van der Waals surface area contributed by atoms with Crippen LogP contribution in [0.2, 0.25) is 0 Å². The van der Waals surface area contributed by atoms with Gasteiger partial charge in [0.05, 0.1) is 15.8 Å². The first kappa shape index (κ1) is 18.2. The number of aryl methyl sites for hydroxylation is 1. The fourth-order valence-corrected chi connectivity index (χ4v) is 4.34. The van der Waals surface area contributed by atoms with E-state index in [-0.39, 0.29) is 11.4 Å². The average Bonchev–Trinajstić information content (AvgIpc) is 3.11. The van der Waals surface area contributed by atoms with Gasteiger partial charge >= 0.3 is 0 Å². The van der Waals surface area contributed by atoms with E-state index >= 15 is 0 Å². The predicted molar refractivity (Wildman–Crippen MR) is 108 cm³/mol. The van der Waals surface area contributed by atoms with E-state index in [1.807, 2.05) is 6.08 Å². The second kappa shape index (κ2) is 6.62. The van der Waals surface area contributed by atoms with Crippen molar-refractivity contribution in [2.24, 2.45) is 0 Å².